The molecule has 2 N–H and O–H groups in total. The Morgan fingerprint density at radius 1 is 1.05 bits per heavy atom. The zero-order valence-electron chi connectivity index (χ0n) is 12.0. The lowest BCUT2D eigenvalue weighted by Crippen LogP contribution is -2.28. The minimum absolute atomic E-state index is 0.102. The highest BCUT2D eigenvalue weighted by Crippen LogP contribution is 2.32. The van der Waals surface area contributed by atoms with Gasteiger partial charge >= 0.3 is 0 Å². The van der Waals surface area contributed by atoms with Gasteiger partial charge in [0.2, 0.25) is 0 Å². The highest BCUT2D eigenvalue weighted by atomic mass is 35.5. The maximum Gasteiger partial charge on any atom is 0.148 e. The van der Waals surface area contributed by atoms with Crippen LogP contribution in [0.1, 0.15) is 43.2 Å². The van der Waals surface area contributed by atoms with Crippen LogP contribution in [0, 0.1) is 0 Å². The van der Waals surface area contributed by atoms with Crippen LogP contribution in [-0.2, 0) is 0 Å². The van der Waals surface area contributed by atoms with E-state index in [4.69, 9.17) is 22.1 Å². The Morgan fingerprint density at radius 3 is 2.15 bits per heavy atom. The van der Waals surface area contributed by atoms with Gasteiger partial charge < -0.3 is 10.5 Å². The van der Waals surface area contributed by atoms with Crippen molar-refractivity contribution in [1.29, 1.82) is 0 Å². The van der Waals surface area contributed by atoms with Gasteiger partial charge in [0.1, 0.15) is 11.9 Å². The molecule has 0 spiro atoms. The van der Waals surface area contributed by atoms with Crippen molar-refractivity contribution in [1.82, 2.24) is 0 Å². The Balaban J connectivity index is 2.16. The van der Waals surface area contributed by atoms with E-state index in [1.807, 2.05) is 31.2 Å². The molecular weight excluding hydrogens is 290 g/mol. The van der Waals surface area contributed by atoms with Crippen LogP contribution in [0.2, 0.25) is 4.34 Å². The minimum atomic E-state index is -0.169. The molecule has 2 nitrogen and oxygen atoms in total. The maximum atomic E-state index is 6.04. The van der Waals surface area contributed by atoms with Crippen molar-refractivity contribution in [3.05, 3.63) is 51.2 Å². The Labute approximate surface area is 129 Å². The molecule has 0 aliphatic carbocycles. The van der Waals surface area contributed by atoms with Gasteiger partial charge in [0.05, 0.1) is 4.34 Å². The first-order valence-electron chi connectivity index (χ1n) is 6.75. The largest absolute Gasteiger partial charge is 0.483 e. The molecule has 0 bridgehead atoms. The molecule has 1 aromatic carbocycles. The summed E-state index contributed by atoms with van der Waals surface area (Å²) in [5.74, 6) is 1.35. The van der Waals surface area contributed by atoms with Gasteiger partial charge in [0, 0.05) is 10.9 Å². The summed E-state index contributed by atoms with van der Waals surface area (Å²) in [6, 6.07) is 11.9. The van der Waals surface area contributed by atoms with Crippen LogP contribution in [0.5, 0.6) is 5.75 Å². The summed E-state index contributed by atoms with van der Waals surface area (Å²) in [4.78, 5) is 1.05. The van der Waals surface area contributed by atoms with Gasteiger partial charge in [-0.15, -0.1) is 11.3 Å². The fourth-order valence-electron chi connectivity index (χ4n) is 1.98. The second-order valence-corrected chi connectivity index (χ2v) is 7.01. The molecule has 20 heavy (non-hydrogen) atoms. The van der Waals surface area contributed by atoms with Gasteiger partial charge in [0.15, 0.2) is 0 Å². The van der Waals surface area contributed by atoms with Crippen molar-refractivity contribution in [2.24, 2.45) is 5.73 Å². The normalized spacial score (nSPS) is 14.3. The highest BCUT2D eigenvalue weighted by molar-refractivity contribution is 7.16. The van der Waals surface area contributed by atoms with Crippen molar-refractivity contribution in [3.8, 4) is 5.75 Å². The monoisotopic (exact) mass is 309 g/mol. The van der Waals surface area contributed by atoms with E-state index >= 15 is 0 Å². The number of ether oxygens (including phenoxy) is 1. The van der Waals surface area contributed by atoms with Crippen LogP contribution in [0.15, 0.2) is 36.4 Å². The summed E-state index contributed by atoms with van der Waals surface area (Å²) in [7, 11) is 0. The van der Waals surface area contributed by atoms with Crippen molar-refractivity contribution in [2.45, 2.75) is 38.8 Å². The molecule has 2 aromatic rings. The first kappa shape index (κ1) is 15.4. The zero-order valence-corrected chi connectivity index (χ0v) is 13.5. The number of benzene rings is 1. The molecule has 1 heterocycles. The molecule has 0 saturated carbocycles. The van der Waals surface area contributed by atoms with E-state index in [1.165, 1.54) is 16.9 Å². The number of halogens is 1. The van der Waals surface area contributed by atoms with Crippen molar-refractivity contribution in [3.63, 3.8) is 0 Å². The summed E-state index contributed by atoms with van der Waals surface area (Å²) >= 11 is 7.50. The van der Waals surface area contributed by atoms with E-state index < -0.39 is 0 Å². The van der Waals surface area contributed by atoms with E-state index in [2.05, 4.69) is 26.0 Å². The Hall–Kier alpha value is -1.03. The van der Waals surface area contributed by atoms with Crippen LogP contribution < -0.4 is 10.5 Å². The second-order valence-electron chi connectivity index (χ2n) is 5.26. The lowest BCUT2D eigenvalue weighted by Gasteiger charge is -2.21. The first-order chi connectivity index (χ1) is 9.47. The summed E-state index contributed by atoms with van der Waals surface area (Å²) in [5, 5.41) is 0. The molecule has 108 valence electrons. The number of hydrogen-bond acceptors (Lipinski definition) is 3. The third-order valence-corrected chi connectivity index (χ3v) is 4.45. The Morgan fingerprint density at radius 2 is 1.70 bits per heavy atom. The number of nitrogens with two attached hydrogens (primary N) is 1. The van der Waals surface area contributed by atoms with E-state index in [9.17, 15) is 0 Å². The third kappa shape index (κ3) is 3.75. The first-order valence-corrected chi connectivity index (χ1v) is 7.94. The SMILES string of the molecule is CC(C)c1ccc(OC(c2ccc(Cl)s2)C(C)N)cc1. The maximum absolute atomic E-state index is 6.04. The van der Waals surface area contributed by atoms with E-state index in [-0.39, 0.29) is 12.1 Å². The standard InChI is InChI=1S/C16H20ClNOS/c1-10(2)12-4-6-13(7-5-12)19-16(11(3)18)14-8-9-15(17)20-14/h4-11,16H,18H2,1-3H3. The van der Waals surface area contributed by atoms with Gasteiger partial charge in [-0.25, -0.2) is 0 Å². The van der Waals surface area contributed by atoms with Crippen LogP contribution >= 0.6 is 22.9 Å². The lowest BCUT2D eigenvalue weighted by molar-refractivity contribution is 0.184. The smallest absolute Gasteiger partial charge is 0.148 e. The zero-order chi connectivity index (χ0) is 14.7. The van der Waals surface area contributed by atoms with Gasteiger partial charge in [-0.05, 0) is 42.7 Å². The van der Waals surface area contributed by atoms with Crippen molar-refractivity contribution < 1.29 is 4.74 Å². The van der Waals surface area contributed by atoms with E-state index in [0.717, 1.165) is 15.0 Å². The summed E-state index contributed by atoms with van der Waals surface area (Å²) in [6.07, 6.45) is -0.169. The fourth-order valence-corrected chi connectivity index (χ4v) is 3.19. The Kier molecular flexibility index (Phi) is 5.08. The molecule has 0 aliphatic heterocycles. The number of thiophene rings is 1. The molecule has 4 heteroatoms. The minimum Gasteiger partial charge on any atom is -0.483 e. The molecule has 1 aromatic heterocycles. The molecule has 0 saturated heterocycles. The quantitative estimate of drug-likeness (QED) is 0.844. The van der Waals surface area contributed by atoms with Gasteiger partial charge in [-0.3, -0.25) is 0 Å². The van der Waals surface area contributed by atoms with Crippen LogP contribution in [0.25, 0.3) is 0 Å². The van der Waals surface area contributed by atoms with Crippen molar-refractivity contribution >= 4 is 22.9 Å². The molecule has 0 amide bonds. The fraction of sp³-hybridized carbons (Fsp3) is 0.375. The average molecular weight is 310 g/mol. The van der Waals surface area contributed by atoms with Crippen molar-refractivity contribution in [2.75, 3.05) is 0 Å². The molecule has 2 unspecified atom stereocenters. The molecule has 0 fully saturated rings. The molecular formula is C16H20ClNOS. The van der Waals surface area contributed by atoms with E-state index in [0.29, 0.717) is 5.92 Å². The van der Waals surface area contributed by atoms with Gasteiger partial charge in [-0.1, -0.05) is 37.6 Å². The average Bonchev–Trinajstić information content (AvgIpc) is 2.82. The highest BCUT2D eigenvalue weighted by Gasteiger charge is 2.20. The van der Waals surface area contributed by atoms with Crippen LogP contribution in [-0.4, -0.2) is 6.04 Å². The Bertz CT molecular complexity index is 548. The van der Waals surface area contributed by atoms with Gasteiger partial charge in [-0.2, -0.15) is 0 Å². The lowest BCUT2D eigenvalue weighted by atomic mass is 10.0. The topological polar surface area (TPSA) is 35.2 Å². The number of hydrogen-bond donors (Lipinski definition) is 1. The predicted octanol–water partition coefficient (Wildman–Crippen LogP) is 4.99. The summed E-state index contributed by atoms with van der Waals surface area (Å²) < 4.78 is 6.79. The van der Waals surface area contributed by atoms with Crippen LogP contribution in [0.4, 0.5) is 0 Å². The second kappa shape index (κ2) is 6.61. The van der Waals surface area contributed by atoms with Crippen LogP contribution in [0.3, 0.4) is 0 Å². The molecule has 0 aliphatic rings. The van der Waals surface area contributed by atoms with Gasteiger partial charge in [0.25, 0.3) is 0 Å². The summed E-state index contributed by atoms with van der Waals surface area (Å²) in [5.41, 5.74) is 7.34. The molecule has 2 rings (SSSR count). The molecule has 2 atom stereocenters. The van der Waals surface area contributed by atoms with E-state index in [1.54, 1.807) is 0 Å². The summed E-state index contributed by atoms with van der Waals surface area (Å²) in [6.45, 7) is 6.29. The third-order valence-electron chi connectivity index (χ3n) is 3.16. The predicted molar refractivity (Wildman–Crippen MR) is 86.9 cm³/mol. The number of rotatable bonds is 5. The molecule has 0 radical (unpaired) electrons.